The first-order chi connectivity index (χ1) is 15.5. The third-order valence-corrected chi connectivity index (χ3v) is 5.69. The number of hydrogen-bond acceptors (Lipinski definition) is 3. The van der Waals surface area contributed by atoms with Crippen LogP contribution in [0.3, 0.4) is 0 Å². The molecule has 1 aromatic heterocycles. The number of carbonyl (C=O) groups is 1. The lowest BCUT2D eigenvalue weighted by molar-refractivity contribution is 0.0726. The van der Waals surface area contributed by atoms with E-state index < -0.39 is 0 Å². The van der Waals surface area contributed by atoms with Crippen molar-refractivity contribution >= 4 is 28.4 Å². The Morgan fingerprint density at radius 1 is 1.00 bits per heavy atom. The molecule has 162 valence electrons. The number of hydrogen-bond donors (Lipinski definition) is 1. The minimum atomic E-state index is -0.221. The molecule has 0 saturated carbocycles. The molecule has 4 aromatic rings. The number of nitrogens with one attached hydrogen (secondary N) is 1. The number of nitrogens with zero attached hydrogens (tertiary/aromatic N) is 1. The van der Waals surface area contributed by atoms with E-state index in [0.717, 1.165) is 22.0 Å². The van der Waals surface area contributed by atoms with Gasteiger partial charge in [-0.15, -0.1) is 0 Å². The first-order valence-electron chi connectivity index (χ1n) is 10.2. The van der Waals surface area contributed by atoms with E-state index >= 15 is 0 Å². The maximum atomic E-state index is 13.5. The Balaban J connectivity index is 1.74. The second kappa shape index (κ2) is 9.28. The van der Waals surface area contributed by atoms with Crippen LogP contribution in [0.2, 0.25) is 5.02 Å². The Labute approximate surface area is 191 Å². The number of methoxy groups -OCH3 is 1. The van der Waals surface area contributed by atoms with E-state index in [0.29, 0.717) is 28.4 Å². The van der Waals surface area contributed by atoms with Crippen molar-refractivity contribution in [2.24, 2.45) is 0 Å². The fourth-order valence-electron chi connectivity index (χ4n) is 3.75. The van der Waals surface area contributed by atoms with Crippen molar-refractivity contribution in [3.8, 4) is 5.75 Å². The number of ether oxygens (including phenoxy) is 1. The number of H-pyrrole nitrogens is 1. The summed E-state index contributed by atoms with van der Waals surface area (Å²) in [5, 5.41) is 1.55. The summed E-state index contributed by atoms with van der Waals surface area (Å²) in [7, 11) is 1.53. The number of pyridine rings is 1. The Morgan fingerprint density at radius 3 is 2.50 bits per heavy atom. The molecule has 0 spiro atoms. The van der Waals surface area contributed by atoms with Crippen molar-refractivity contribution in [2.75, 3.05) is 7.11 Å². The van der Waals surface area contributed by atoms with Gasteiger partial charge in [-0.2, -0.15) is 0 Å². The first kappa shape index (κ1) is 21.7. The number of fused-ring (bicyclic) bond motifs is 1. The summed E-state index contributed by atoms with van der Waals surface area (Å²) >= 11 is 6.02. The zero-order chi connectivity index (χ0) is 22.7. The summed E-state index contributed by atoms with van der Waals surface area (Å²) < 4.78 is 5.39. The third kappa shape index (κ3) is 4.53. The van der Waals surface area contributed by atoms with Crippen LogP contribution in [0, 0.1) is 6.92 Å². The second-order valence-electron chi connectivity index (χ2n) is 7.65. The topological polar surface area (TPSA) is 62.4 Å². The molecule has 1 heterocycles. The fraction of sp³-hybridized carbons (Fsp3) is 0.154. The third-order valence-electron chi connectivity index (χ3n) is 5.44. The van der Waals surface area contributed by atoms with Gasteiger partial charge in [0.15, 0.2) is 0 Å². The molecule has 0 aliphatic carbocycles. The van der Waals surface area contributed by atoms with Crippen molar-refractivity contribution in [2.45, 2.75) is 20.0 Å². The van der Waals surface area contributed by atoms with Crippen molar-refractivity contribution in [3.05, 3.63) is 110 Å². The van der Waals surface area contributed by atoms with Gasteiger partial charge in [0.2, 0.25) is 0 Å². The molecule has 32 heavy (non-hydrogen) atoms. The van der Waals surface area contributed by atoms with Crippen LogP contribution in [0.25, 0.3) is 10.9 Å². The Bertz CT molecular complexity index is 1330. The molecule has 0 unspecified atom stereocenters. The van der Waals surface area contributed by atoms with Crippen LogP contribution >= 0.6 is 11.6 Å². The Kier molecular flexibility index (Phi) is 6.28. The van der Waals surface area contributed by atoms with Crippen molar-refractivity contribution in [1.82, 2.24) is 9.88 Å². The summed E-state index contributed by atoms with van der Waals surface area (Å²) in [5.41, 5.74) is 3.46. The van der Waals surface area contributed by atoms with Crippen LogP contribution in [-0.4, -0.2) is 22.9 Å². The number of aromatic nitrogens is 1. The molecule has 0 fully saturated rings. The zero-order valence-electron chi connectivity index (χ0n) is 17.9. The highest BCUT2D eigenvalue weighted by molar-refractivity contribution is 6.30. The van der Waals surface area contributed by atoms with E-state index in [-0.39, 0.29) is 18.0 Å². The van der Waals surface area contributed by atoms with Gasteiger partial charge in [-0.3, -0.25) is 9.59 Å². The SMILES string of the molecule is COc1ccccc1C(=O)N(Cc1ccc(Cl)cc1)Cc1cc2cccc(C)c2[nH]c1=O. The van der Waals surface area contributed by atoms with Gasteiger partial charge >= 0.3 is 0 Å². The zero-order valence-corrected chi connectivity index (χ0v) is 18.6. The van der Waals surface area contributed by atoms with Crippen LogP contribution in [0.4, 0.5) is 0 Å². The van der Waals surface area contributed by atoms with Crippen molar-refractivity contribution in [3.63, 3.8) is 0 Å². The number of carbonyl (C=O) groups excluding carboxylic acids is 1. The smallest absolute Gasteiger partial charge is 0.258 e. The summed E-state index contributed by atoms with van der Waals surface area (Å²) in [6.45, 7) is 2.42. The normalized spacial score (nSPS) is 10.8. The molecule has 6 heteroatoms. The quantitative estimate of drug-likeness (QED) is 0.434. The van der Waals surface area contributed by atoms with E-state index in [1.54, 1.807) is 35.2 Å². The van der Waals surface area contributed by atoms with E-state index in [1.807, 2.05) is 49.4 Å². The van der Waals surface area contributed by atoms with Crippen LogP contribution in [0.5, 0.6) is 5.75 Å². The summed E-state index contributed by atoms with van der Waals surface area (Å²) in [5.74, 6) is 0.266. The number of aromatic amines is 1. The van der Waals surface area contributed by atoms with Gasteiger partial charge in [0, 0.05) is 17.1 Å². The lowest BCUT2D eigenvalue weighted by atomic mass is 10.1. The molecule has 0 saturated heterocycles. The molecule has 1 N–H and O–H groups in total. The molecule has 3 aromatic carbocycles. The maximum absolute atomic E-state index is 13.5. The molecular formula is C26H23ClN2O3. The molecule has 4 rings (SSSR count). The Morgan fingerprint density at radius 2 is 1.75 bits per heavy atom. The minimum Gasteiger partial charge on any atom is -0.496 e. The molecule has 0 aliphatic rings. The van der Waals surface area contributed by atoms with Crippen LogP contribution in [0.15, 0.2) is 77.6 Å². The number of aryl methyl sites for hydroxylation is 1. The minimum absolute atomic E-state index is 0.152. The lowest BCUT2D eigenvalue weighted by Gasteiger charge is -2.24. The monoisotopic (exact) mass is 446 g/mol. The summed E-state index contributed by atoms with van der Waals surface area (Å²) in [6, 6.07) is 22.1. The van der Waals surface area contributed by atoms with Crippen LogP contribution < -0.4 is 10.3 Å². The molecule has 0 aliphatic heterocycles. The molecule has 1 amide bonds. The highest BCUT2D eigenvalue weighted by Crippen LogP contribution is 2.23. The first-order valence-corrected chi connectivity index (χ1v) is 10.6. The molecule has 0 atom stereocenters. The number of halogens is 1. The van der Waals surface area contributed by atoms with E-state index in [9.17, 15) is 9.59 Å². The fourth-order valence-corrected chi connectivity index (χ4v) is 3.88. The predicted molar refractivity (Wildman–Crippen MR) is 127 cm³/mol. The molecular weight excluding hydrogens is 424 g/mol. The molecule has 0 radical (unpaired) electrons. The number of rotatable bonds is 6. The van der Waals surface area contributed by atoms with Gasteiger partial charge in [-0.05, 0) is 53.8 Å². The van der Waals surface area contributed by atoms with E-state index in [4.69, 9.17) is 16.3 Å². The van der Waals surface area contributed by atoms with E-state index in [1.165, 1.54) is 7.11 Å². The Hall–Kier alpha value is -3.57. The lowest BCUT2D eigenvalue weighted by Crippen LogP contribution is -2.32. The van der Waals surface area contributed by atoms with Crippen LogP contribution in [-0.2, 0) is 13.1 Å². The van der Waals surface area contributed by atoms with Crippen molar-refractivity contribution < 1.29 is 9.53 Å². The van der Waals surface area contributed by atoms with Gasteiger partial charge in [0.25, 0.3) is 11.5 Å². The highest BCUT2D eigenvalue weighted by atomic mass is 35.5. The van der Waals surface area contributed by atoms with Gasteiger partial charge in [-0.1, -0.05) is 54.1 Å². The standard InChI is InChI=1S/C26H23ClN2O3/c1-17-6-5-7-19-14-20(25(30)28-24(17)19)16-29(15-18-10-12-21(27)13-11-18)26(31)22-8-3-4-9-23(22)32-2/h3-14H,15-16H2,1-2H3,(H,28,30). The number of para-hydroxylation sites is 2. The highest BCUT2D eigenvalue weighted by Gasteiger charge is 2.21. The largest absolute Gasteiger partial charge is 0.496 e. The summed E-state index contributed by atoms with van der Waals surface area (Å²) in [4.78, 5) is 31.0. The van der Waals surface area contributed by atoms with Gasteiger partial charge in [0.05, 0.1) is 24.7 Å². The molecule has 0 bridgehead atoms. The maximum Gasteiger partial charge on any atom is 0.258 e. The van der Waals surface area contributed by atoms with Gasteiger partial charge in [-0.25, -0.2) is 0 Å². The van der Waals surface area contributed by atoms with E-state index in [2.05, 4.69) is 4.98 Å². The number of amides is 1. The van der Waals surface area contributed by atoms with Crippen molar-refractivity contribution in [1.29, 1.82) is 0 Å². The predicted octanol–water partition coefficient (Wildman–Crippen LogP) is 5.34. The average molecular weight is 447 g/mol. The van der Waals surface area contributed by atoms with Gasteiger partial charge in [0.1, 0.15) is 5.75 Å². The van der Waals surface area contributed by atoms with Crippen LogP contribution in [0.1, 0.15) is 27.0 Å². The number of benzene rings is 3. The van der Waals surface area contributed by atoms with Gasteiger partial charge < -0.3 is 14.6 Å². The average Bonchev–Trinajstić information content (AvgIpc) is 2.80. The summed E-state index contributed by atoms with van der Waals surface area (Å²) in [6.07, 6.45) is 0. The molecule has 5 nitrogen and oxygen atoms in total. The second-order valence-corrected chi connectivity index (χ2v) is 8.09.